The minimum Gasteiger partial charge on any atom is -0.368 e. The zero-order valence-electron chi connectivity index (χ0n) is 11.6. The molecule has 0 spiro atoms. The predicted octanol–water partition coefficient (Wildman–Crippen LogP) is 1.36. The van der Waals surface area contributed by atoms with E-state index >= 15 is 0 Å². The highest BCUT2D eigenvalue weighted by molar-refractivity contribution is 5.33. The van der Waals surface area contributed by atoms with Crippen LogP contribution in [0, 0.1) is 0 Å². The Balaban J connectivity index is 2.25. The maximum atomic E-state index is 5.76. The first-order valence-electron chi connectivity index (χ1n) is 6.36. The third-order valence-corrected chi connectivity index (χ3v) is 3.01. The van der Waals surface area contributed by atoms with Gasteiger partial charge in [-0.05, 0) is 25.6 Å². The van der Waals surface area contributed by atoms with E-state index in [2.05, 4.69) is 45.1 Å². The van der Waals surface area contributed by atoms with Gasteiger partial charge in [-0.3, -0.25) is 0 Å². The molecule has 1 aliphatic heterocycles. The van der Waals surface area contributed by atoms with Crippen LogP contribution in [0.4, 0.5) is 11.9 Å². The lowest BCUT2D eigenvalue weighted by Crippen LogP contribution is -2.25. The number of nitrogens with zero attached hydrogens (tertiary/aromatic N) is 5. The fourth-order valence-electron chi connectivity index (χ4n) is 1.89. The second kappa shape index (κ2) is 5.69. The summed E-state index contributed by atoms with van der Waals surface area (Å²) in [6.45, 7) is 3.01. The Hall–Kier alpha value is -2.11. The van der Waals surface area contributed by atoms with Gasteiger partial charge in [0.1, 0.15) is 0 Å². The van der Waals surface area contributed by atoms with E-state index in [1.807, 2.05) is 25.1 Å². The standard InChI is InChI=1S/C13H20N6/c1-10(19-8-6-4-5-7-9-19)11-15-12(14)17-13(16-11)18(2)3/h4-6,8,10H,7,9H2,1-3H3,(H2,14,15,16,17)/t10-/m0/s1. The van der Waals surface area contributed by atoms with Crippen LogP contribution in [0.15, 0.2) is 24.4 Å². The number of anilines is 2. The van der Waals surface area contributed by atoms with E-state index in [1.54, 1.807) is 0 Å². The van der Waals surface area contributed by atoms with Crippen molar-refractivity contribution in [2.75, 3.05) is 31.3 Å². The Bertz CT molecular complexity index is 494. The summed E-state index contributed by atoms with van der Waals surface area (Å²) in [6, 6.07) is 0.0696. The molecule has 2 rings (SSSR count). The van der Waals surface area contributed by atoms with Crippen LogP contribution in [-0.4, -0.2) is 40.5 Å². The molecule has 19 heavy (non-hydrogen) atoms. The van der Waals surface area contributed by atoms with Crippen LogP contribution < -0.4 is 10.6 Å². The molecule has 0 fully saturated rings. The van der Waals surface area contributed by atoms with E-state index in [4.69, 9.17) is 5.73 Å². The summed E-state index contributed by atoms with van der Waals surface area (Å²) in [5, 5.41) is 0. The third-order valence-electron chi connectivity index (χ3n) is 3.01. The number of nitrogens with two attached hydrogens (primary N) is 1. The van der Waals surface area contributed by atoms with Crippen LogP contribution in [0.2, 0.25) is 0 Å². The van der Waals surface area contributed by atoms with E-state index in [-0.39, 0.29) is 12.0 Å². The van der Waals surface area contributed by atoms with E-state index in [9.17, 15) is 0 Å². The number of hydrogen-bond donors (Lipinski definition) is 1. The Labute approximate surface area is 113 Å². The van der Waals surface area contributed by atoms with Crippen LogP contribution in [-0.2, 0) is 0 Å². The lowest BCUT2D eigenvalue weighted by molar-refractivity contribution is 0.294. The van der Waals surface area contributed by atoms with Crippen molar-refractivity contribution in [3.05, 3.63) is 30.3 Å². The van der Waals surface area contributed by atoms with Gasteiger partial charge < -0.3 is 15.5 Å². The molecule has 2 N–H and O–H groups in total. The van der Waals surface area contributed by atoms with E-state index in [0.717, 1.165) is 13.0 Å². The predicted molar refractivity (Wildman–Crippen MR) is 76.6 cm³/mol. The van der Waals surface area contributed by atoms with Crippen molar-refractivity contribution >= 4 is 11.9 Å². The zero-order valence-corrected chi connectivity index (χ0v) is 11.6. The summed E-state index contributed by atoms with van der Waals surface area (Å²) in [7, 11) is 3.78. The molecule has 102 valence electrons. The van der Waals surface area contributed by atoms with E-state index in [0.29, 0.717) is 11.8 Å². The van der Waals surface area contributed by atoms with Crippen molar-refractivity contribution < 1.29 is 0 Å². The van der Waals surface area contributed by atoms with Gasteiger partial charge in [0.2, 0.25) is 11.9 Å². The second-order valence-electron chi connectivity index (χ2n) is 4.72. The lowest BCUT2D eigenvalue weighted by atomic mass is 10.2. The normalized spacial score (nSPS) is 16.3. The maximum absolute atomic E-state index is 5.76. The molecule has 0 unspecified atom stereocenters. The summed E-state index contributed by atoms with van der Waals surface area (Å²) in [4.78, 5) is 16.9. The Morgan fingerprint density at radius 3 is 2.79 bits per heavy atom. The van der Waals surface area contributed by atoms with Crippen molar-refractivity contribution in [2.45, 2.75) is 19.4 Å². The lowest BCUT2D eigenvalue weighted by Gasteiger charge is -2.26. The van der Waals surface area contributed by atoms with Gasteiger partial charge in [-0.2, -0.15) is 15.0 Å². The molecule has 0 radical (unpaired) electrons. The fourth-order valence-corrected chi connectivity index (χ4v) is 1.89. The Kier molecular flexibility index (Phi) is 3.99. The maximum Gasteiger partial charge on any atom is 0.229 e. The molecule has 0 saturated carbocycles. The molecule has 0 aliphatic carbocycles. The molecule has 6 heteroatoms. The average molecular weight is 260 g/mol. The highest BCUT2D eigenvalue weighted by Crippen LogP contribution is 2.20. The summed E-state index contributed by atoms with van der Waals surface area (Å²) < 4.78 is 0. The summed E-state index contributed by atoms with van der Waals surface area (Å²) >= 11 is 0. The molecule has 1 aliphatic rings. The first-order chi connectivity index (χ1) is 9.08. The van der Waals surface area contributed by atoms with Gasteiger partial charge in [0.15, 0.2) is 5.82 Å². The molecule has 0 aromatic carbocycles. The molecule has 6 nitrogen and oxygen atoms in total. The summed E-state index contributed by atoms with van der Waals surface area (Å²) in [5.74, 6) is 1.55. The largest absolute Gasteiger partial charge is 0.368 e. The van der Waals surface area contributed by atoms with Gasteiger partial charge in [-0.15, -0.1) is 0 Å². The Morgan fingerprint density at radius 2 is 2.05 bits per heavy atom. The number of nitrogen functional groups attached to an aromatic ring is 1. The van der Waals surface area contributed by atoms with Crippen molar-refractivity contribution in [2.24, 2.45) is 0 Å². The molecule has 2 heterocycles. The van der Waals surface area contributed by atoms with Gasteiger partial charge in [-0.25, -0.2) is 0 Å². The van der Waals surface area contributed by atoms with Gasteiger partial charge >= 0.3 is 0 Å². The molecular formula is C13H20N6. The molecule has 1 aromatic heterocycles. The highest BCUT2D eigenvalue weighted by Gasteiger charge is 2.17. The first kappa shape index (κ1) is 13.3. The van der Waals surface area contributed by atoms with Crippen LogP contribution in [0.25, 0.3) is 0 Å². The fraction of sp³-hybridized carbons (Fsp3) is 0.462. The SMILES string of the molecule is C[C@@H](c1nc(N)nc(N(C)C)n1)N1C=CC=CCC1. The second-order valence-corrected chi connectivity index (χ2v) is 4.72. The molecule has 1 atom stereocenters. The topological polar surface area (TPSA) is 71.2 Å². The summed E-state index contributed by atoms with van der Waals surface area (Å²) in [5.41, 5.74) is 5.76. The van der Waals surface area contributed by atoms with Crippen LogP contribution >= 0.6 is 0 Å². The minimum atomic E-state index is 0.0696. The van der Waals surface area contributed by atoms with Crippen molar-refractivity contribution in [1.29, 1.82) is 0 Å². The number of hydrogen-bond acceptors (Lipinski definition) is 6. The number of aromatic nitrogens is 3. The molecule has 0 amide bonds. The van der Waals surface area contributed by atoms with Gasteiger partial charge in [-0.1, -0.05) is 12.2 Å². The van der Waals surface area contributed by atoms with Crippen LogP contribution in [0.5, 0.6) is 0 Å². The highest BCUT2D eigenvalue weighted by atomic mass is 15.3. The van der Waals surface area contributed by atoms with E-state index in [1.165, 1.54) is 0 Å². The van der Waals surface area contributed by atoms with E-state index < -0.39 is 0 Å². The number of rotatable bonds is 3. The molecule has 0 bridgehead atoms. The minimum absolute atomic E-state index is 0.0696. The molecular weight excluding hydrogens is 240 g/mol. The molecule has 0 saturated heterocycles. The summed E-state index contributed by atoms with van der Waals surface area (Å²) in [6.07, 6.45) is 9.30. The zero-order chi connectivity index (χ0) is 13.8. The van der Waals surface area contributed by atoms with Gasteiger partial charge in [0.05, 0.1) is 6.04 Å². The average Bonchev–Trinajstić information content (AvgIpc) is 2.65. The first-order valence-corrected chi connectivity index (χ1v) is 6.36. The quantitative estimate of drug-likeness (QED) is 0.884. The van der Waals surface area contributed by atoms with Crippen molar-refractivity contribution in [3.63, 3.8) is 0 Å². The van der Waals surface area contributed by atoms with Crippen molar-refractivity contribution in [3.8, 4) is 0 Å². The monoisotopic (exact) mass is 260 g/mol. The Morgan fingerprint density at radius 1 is 1.26 bits per heavy atom. The van der Waals surface area contributed by atoms with Crippen LogP contribution in [0.3, 0.4) is 0 Å². The van der Waals surface area contributed by atoms with Crippen molar-refractivity contribution in [1.82, 2.24) is 19.9 Å². The smallest absolute Gasteiger partial charge is 0.229 e. The van der Waals surface area contributed by atoms with Gasteiger partial charge in [0.25, 0.3) is 0 Å². The van der Waals surface area contributed by atoms with Crippen LogP contribution in [0.1, 0.15) is 25.2 Å². The molecule has 1 aromatic rings. The number of allylic oxidation sites excluding steroid dienone is 2. The third kappa shape index (κ3) is 3.21. The van der Waals surface area contributed by atoms with Gasteiger partial charge in [0, 0.05) is 20.6 Å².